The van der Waals surface area contributed by atoms with Crippen molar-refractivity contribution in [1.29, 1.82) is 0 Å². The van der Waals surface area contributed by atoms with Crippen molar-refractivity contribution in [2.75, 3.05) is 7.11 Å². The van der Waals surface area contributed by atoms with Crippen LogP contribution in [0.15, 0.2) is 30.3 Å². The van der Waals surface area contributed by atoms with E-state index in [9.17, 15) is 4.79 Å². The minimum atomic E-state index is -0.0804. The van der Waals surface area contributed by atoms with E-state index < -0.39 is 0 Å². The second kappa shape index (κ2) is 7.10. The van der Waals surface area contributed by atoms with E-state index in [0.29, 0.717) is 0 Å². The van der Waals surface area contributed by atoms with Gasteiger partial charge in [-0.05, 0) is 36.6 Å². The number of carbonyl (C=O) groups excluding carboxylic acids is 1. The van der Waals surface area contributed by atoms with E-state index in [4.69, 9.17) is 10.5 Å². The van der Waals surface area contributed by atoms with Crippen molar-refractivity contribution in [2.24, 2.45) is 5.73 Å². The third kappa shape index (κ3) is 4.10. The third-order valence-corrected chi connectivity index (χ3v) is 3.69. The summed E-state index contributed by atoms with van der Waals surface area (Å²) >= 11 is 0. The second-order valence-electron chi connectivity index (χ2n) is 5.17. The zero-order chi connectivity index (χ0) is 14.4. The Morgan fingerprint density at radius 1 is 1.30 bits per heavy atom. The molecule has 1 aromatic rings. The van der Waals surface area contributed by atoms with Gasteiger partial charge in [0, 0.05) is 18.2 Å². The lowest BCUT2D eigenvalue weighted by molar-refractivity contribution is -0.117. The SMILES string of the molecule is COc1ccc(/C=C/C(=O)N[C@@H]2CCCC[C@H]2N)cc1. The van der Waals surface area contributed by atoms with Crippen LogP contribution < -0.4 is 15.8 Å². The van der Waals surface area contributed by atoms with Gasteiger partial charge in [-0.2, -0.15) is 0 Å². The number of ether oxygens (including phenoxy) is 1. The first-order chi connectivity index (χ1) is 9.69. The molecule has 0 unspecified atom stereocenters. The topological polar surface area (TPSA) is 64.3 Å². The Morgan fingerprint density at radius 3 is 2.65 bits per heavy atom. The first-order valence-corrected chi connectivity index (χ1v) is 7.07. The predicted molar refractivity (Wildman–Crippen MR) is 80.4 cm³/mol. The van der Waals surface area contributed by atoms with Crippen LogP contribution >= 0.6 is 0 Å². The van der Waals surface area contributed by atoms with E-state index in [1.807, 2.05) is 24.3 Å². The number of nitrogens with one attached hydrogen (secondary N) is 1. The van der Waals surface area contributed by atoms with Gasteiger partial charge in [0.15, 0.2) is 0 Å². The van der Waals surface area contributed by atoms with Crippen LogP contribution in [0.4, 0.5) is 0 Å². The average molecular weight is 274 g/mol. The van der Waals surface area contributed by atoms with E-state index in [2.05, 4.69) is 5.32 Å². The molecule has 4 heteroatoms. The molecule has 1 aliphatic carbocycles. The Bertz CT molecular complexity index is 468. The van der Waals surface area contributed by atoms with Gasteiger partial charge in [-0.3, -0.25) is 4.79 Å². The van der Waals surface area contributed by atoms with Crippen molar-refractivity contribution in [3.63, 3.8) is 0 Å². The van der Waals surface area contributed by atoms with Gasteiger partial charge in [-0.25, -0.2) is 0 Å². The molecule has 0 saturated heterocycles. The summed E-state index contributed by atoms with van der Waals surface area (Å²) < 4.78 is 5.09. The van der Waals surface area contributed by atoms with Gasteiger partial charge < -0.3 is 15.8 Å². The van der Waals surface area contributed by atoms with Crippen LogP contribution in [0, 0.1) is 0 Å². The third-order valence-electron chi connectivity index (χ3n) is 3.69. The maximum Gasteiger partial charge on any atom is 0.244 e. The van der Waals surface area contributed by atoms with Crippen LogP contribution in [0.25, 0.3) is 6.08 Å². The Labute approximate surface area is 120 Å². The van der Waals surface area contributed by atoms with Crippen LogP contribution in [-0.4, -0.2) is 25.1 Å². The van der Waals surface area contributed by atoms with Crippen molar-refractivity contribution in [3.8, 4) is 5.75 Å². The fourth-order valence-corrected chi connectivity index (χ4v) is 2.46. The Hall–Kier alpha value is -1.81. The zero-order valence-electron chi connectivity index (χ0n) is 11.8. The van der Waals surface area contributed by atoms with Gasteiger partial charge in [0.1, 0.15) is 5.75 Å². The molecule has 0 bridgehead atoms. The summed E-state index contributed by atoms with van der Waals surface area (Å²) in [6.07, 6.45) is 7.62. The van der Waals surface area contributed by atoms with Crippen LogP contribution in [0.5, 0.6) is 5.75 Å². The molecule has 4 nitrogen and oxygen atoms in total. The summed E-state index contributed by atoms with van der Waals surface area (Å²) in [4.78, 5) is 11.9. The van der Waals surface area contributed by atoms with E-state index in [1.54, 1.807) is 19.3 Å². The highest BCUT2D eigenvalue weighted by Crippen LogP contribution is 2.17. The van der Waals surface area contributed by atoms with Gasteiger partial charge in [-0.1, -0.05) is 25.0 Å². The van der Waals surface area contributed by atoms with E-state index >= 15 is 0 Å². The first kappa shape index (κ1) is 14.6. The van der Waals surface area contributed by atoms with Gasteiger partial charge in [-0.15, -0.1) is 0 Å². The minimum Gasteiger partial charge on any atom is -0.497 e. The number of amides is 1. The second-order valence-corrected chi connectivity index (χ2v) is 5.17. The number of nitrogens with two attached hydrogens (primary N) is 1. The minimum absolute atomic E-state index is 0.0804. The maximum atomic E-state index is 11.9. The lowest BCUT2D eigenvalue weighted by atomic mass is 9.91. The van der Waals surface area contributed by atoms with Crippen LogP contribution in [0.2, 0.25) is 0 Å². The van der Waals surface area contributed by atoms with E-state index in [0.717, 1.165) is 37.0 Å². The van der Waals surface area contributed by atoms with Gasteiger partial charge >= 0.3 is 0 Å². The Balaban J connectivity index is 1.87. The quantitative estimate of drug-likeness (QED) is 0.826. The van der Waals surface area contributed by atoms with Crippen molar-refractivity contribution in [1.82, 2.24) is 5.32 Å². The fraction of sp³-hybridized carbons (Fsp3) is 0.438. The maximum absolute atomic E-state index is 11.9. The molecule has 108 valence electrons. The van der Waals surface area contributed by atoms with Crippen LogP contribution in [0.3, 0.4) is 0 Å². The summed E-state index contributed by atoms with van der Waals surface area (Å²) in [6, 6.07) is 7.76. The molecule has 1 aliphatic rings. The van der Waals surface area contributed by atoms with Gasteiger partial charge in [0.05, 0.1) is 7.11 Å². The molecule has 1 fully saturated rings. The van der Waals surface area contributed by atoms with Gasteiger partial charge in [0.2, 0.25) is 5.91 Å². The first-order valence-electron chi connectivity index (χ1n) is 7.07. The number of hydrogen-bond donors (Lipinski definition) is 2. The average Bonchev–Trinajstić information content (AvgIpc) is 2.48. The summed E-state index contributed by atoms with van der Waals surface area (Å²) in [5.74, 6) is 0.725. The normalized spacial score (nSPS) is 22.7. The highest BCUT2D eigenvalue weighted by molar-refractivity contribution is 5.91. The van der Waals surface area contributed by atoms with Gasteiger partial charge in [0.25, 0.3) is 0 Å². The van der Waals surface area contributed by atoms with E-state index in [1.165, 1.54) is 0 Å². The molecule has 2 atom stereocenters. The largest absolute Gasteiger partial charge is 0.497 e. The molecule has 1 saturated carbocycles. The molecule has 3 N–H and O–H groups in total. The van der Waals surface area contributed by atoms with Crippen LogP contribution in [-0.2, 0) is 4.79 Å². The Kier molecular flexibility index (Phi) is 5.18. The molecule has 0 spiro atoms. The number of hydrogen-bond acceptors (Lipinski definition) is 3. The standard InChI is InChI=1S/C16H22N2O2/c1-20-13-9-6-12(7-10-13)8-11-16(19)18-15-5-3-2-4-14(15)17/h6-11,14-15H,2-5,17H2,1H3,(H,18,19)/b11-8+/t14-,15-/m1/s1. The molecule has 2 rings (SSSR count). The monoisotopic (exact) mass is 274 g/mol. The molecule has 0 aliphatic heterocycles. The predicted octanol–water partition coefficient (Wildman–Crippen LogP) is 2.09. The molecule has 0 aromatic heterocycles. The number of benzene rings is 1. The number of methoxy groups -OCH3 is 1. The van der Waals surface area contributed by atoms with Crippen molar-refractivity contribution >= 4 is 12.0 Å². The molecule has 0 heterocycles. The molecule has 0 radical (unpaired) electrons. The summed E-state index contributed by atoms with van der Waals surface area (Å²) in [7, 11) is 1.63. The van der Waals surface area contributed by atoms with Crippen LogP contribution in [0.1, 0.15) is 31.2 Å². The van der Waals surface area contributed by atoms with E-state index in [-0.39, 0.29) is 18.0 Å². The zero-order valence-corrected chi connectivity index (χ0v) is 11.8. The lowest BCUT2D eigenvalue weighted by Crippen LogP contribution is -2.48. The molecular formula is C16H22N2O2. The molecule has 1 amide bonds. The molecule has 1 aromatic carbocycles. The summed E-state index contributed by atoms with van der Waals surface area (Å²) in [5.41, 5.74) is 6.98. The number of rotatable bonds is 4. The highest BCUT2D eigenvalue weighted by Gasteiger charge is 2.22. The van der Waals surface area contributed by atoms with Crippen molar-refractivity contribution in [3.05, 3.63) is 35.9 Å². The highest BCUT2D eigenvalue weighted by atomic mass is 16.5. The summed E-state index contributed by atoms with van der Waals surface area (Å²) in [5, 5.41) is 2.99. The van der Waals surface area contributed by atoms with Crippen molar-refractivity contribution in [2.45, 2.75) is 37.8 Å². The fourth-order valence-electron chi connectivity index (χ4n) is 2.46. The number of carbonyl (C=O) groups is 1. The Morgan fingerprint density at radius 2 is 2.00 bits per heavy atom. The smallest absolute Gasteiger partial charge is 0.244 e. The lowest BCUT2D eigenvalue weighted by Gasteiger charge is -2.28. The van der Waals surface area contributed by atoms with Crippen molar-refractivity contribution < 1.29 is 9.53 Å². The molecule has 20 heavy (non-hydrogen) atoms. The molecular weight excluding hydrogens is 252 g/mol. The summed E-state index contributed by atoms with van der Waals surface area (Å²) in [6.45, 7) is 0.